The van der Waals surface area contributed by atoms with E-state index in [0.717, 1.165) is 12.3 Å². The van der Waals surface area contributed by atoms with Gasteiger partial charge in [-0.3, -0.25) is 0 Å². The van der Waals surface area contributed by atoms with Crippen LogP contribution in [0.5, 0.6) is 6.01 Å². The first kappa shape index (κ1) is 11.3. The second-order valence-electron chi connectivity index (χ2n) is 2.52. The van der Waals surface area contributed by atoms with E-state index in [-0.39, 0.29) is 12.6 Å². The minimum absolute atomic E-state index is 0.0951. The summed E-state index contributed by atoms with van der Waals surface area (Å²) in [6.07, 6.45) is 1.73. The predicted molar refractivity (Wildman–Crippen MR) is 46.0 cm³/mol. The Kier molecular flexibility index (Phi) is 3.50. The van der Waals surface area contributed by atoms with Gasteiger partial charge in [0, 0.05) is 12.6 Å². The summed E-state index contributed by atoms with van der Waals surface area (Å²) in [6, 6.07) is 0.452. The molecule has 0 aliphatic heterocycles. The molecule has 0 N–H and O–H groups in total. The monoisotopic (exact) mass is 216 g/mol. The summed E-state index contributed by atoms with van der Waals surface area (Å²) in [7, 11) is 0. The van der Waals surface area contributed by atoms with Crippen molar-refractivity contribution >= 4 is 0 Å². The molecular weight excluding hydrogens is 209 g/mol. The quantitative estimate of drug-likeness (QED) is 0.571. The summed E-state index contributed by atoms with van der Waals surface area (Å²) in [4.78, 5) is 6.71. The Morgan fingerprint density at radius 3 is 2.80 bits per heavy atom. The van der Waals surface area contributed by atoms with Gasteiger partial charge >= 0.3 is 12.2 Å². The van der Waals surface area contributed by atoms with Crippen LogP contribution in [-0.2, 0) is 6.18 Å². The largest absolute Gasteiger partial charge is 0.462 e. The van der Waals surface area contributed by atoms with Crippen molar-refractivity contribution < 1.29 is 17.9 Å². The number of hydrogen-bond donors (Lipinski definition) is 0. The molecule has 15 heavy (non-hydrogen) atoms. The van der Waals surface area contributed by atoms with Gasteiger partial charge in [-0.2, -0.15) is 18.2 Å². The Labute approximate surface area is 84.3 Å². The molecule has 0 fully saturated rings. The molecule has 3 nitrogen and oxygen atoms in total. The first-order valence-corrected chi connectivity index (χ1v) is 4.00. The van der Waals surface area contributed by atoms with Gasteiger partial charge in [-0.15, -0.1) is 12.3 Å². The first-order chi connectivity index (χ1) is 7.04. The second kappa shape index (κ2) is 4.64. The maximum Gasteiger partial charge on any atom is 0.433 e. The molecule has 0 aliphatic carbocycles. The number of aromatic nitrogens is 2. The molecule has 0 aromatic carbocycles. The van der Waals surface area contributed by atoms with Crippen LogP contribution >= 0.6 is 0 Å². The van der Waals surface area contributed by atoms with Crippen LogP contribution < -0.4 is 4.74 Å². The standard InChI is InChI=1S/C9H7F3N2O/c1-2-3-6-15-8-13-5-4-7(14-8)9(10,11)12/h1,4-5H,3,6H2. The van der Waals surface area contributed by atoms with Crippen molar-refractivity contribution in [2.45, 2.75) is 12.6 Å². The number of halogens is 3. The predicted octanol–water partition coefficient (Wildman–Crippen LogP) is 1.90. The molecule has 1 aromatic rings. The smallest absolute Gasteiger partial charge is 0.433 e. The van der Waals surface area contributed by atoms with Crippen LogP contribution in [0.15, 0.2) is 12.3 Å². The van der Waals surface area contributed by atoms with Crippen LogP contribution in [0, 0.1) is 12.3 Å². The number of ether oxygens (including phenoxy) is 1. The number of terminal acetylenes is 1. The fraction of sp³-hybridized carbons (Fsp3) is 0.333. The van der Waals surface area contributed by atoms with E-state index in [0.29, 0.717) is 6.42 Å². The Morgan fingerprint density at radius 1 is 1.47 bits per heavy atom. The van der Waals surface area contributed by atoms with Crippen LogP contribution in [0.25, 0.3) is 0 Å². The van der Waals surface area contributed by atoms with Gasteiger partial charge in [0.15, 0.2) is 5.69 Å². The van der Waals surface area contributed by atoms with E-state index in [9.17, 15) is 13.2 Å². The molecule has 1 aromatic heterocycles. The molecule has 0 radical (unpaired) electrons. The normalized spacial score (nSPS) is 10.8. The SMILES string of the molecule is C#CCCOc1nccc(C(F)(F)F)n1. The highest BCUT2D eigenvalue weighted by atomic mass is 19.4. The van der Waals surface area contributed by atoms with Crippen molar-refractivity contribution in [1.82, 2.24) is 9.97 Å². The molecule has 1 rings (SSSR count). The Morgan fingerprint density at radius 2 is 2.20 bits per heavy atom. The topological polar surface area (TPSA) is 35.0 Å². The van der Waals surface area contributed by atoms with Crippen molar-refractivity contribution in [3.63, 3.8) is 0 Å². The number of nitrogens with zero attached hydrogens (tertiary/aromatic N) is 2. The molecule has 0 amide bonds. The van der Waals surface area contributed by atoms with Gasteiger partial charge in [-0.05, 0) is 6.07 Å². The van der Waals surface area contributed by atoms with Gasteiger partial charge in [0.1, 0.15) is 6.61 Å². The fourth-order valence-electron chi connectivity index (χ4n) is 0.769. The molecule has 80 valence electrons. The summed E-state index contributed by atoms with van der Waals surface area (Å²) < 4.78 is 41.4. The fourth-order valence-corrected chi connectivity index (χ4v) is 0.769. The molecule has 0 atom stereocenters. The Hall–Kier alpha value is -1.77. The van der Waals surface area contributed by atoms with Gasteiger partial charge in [-0.25, -0.2) is 4.98 Å². The van der Waals surface area contributed by atoms with Crippen LogP contribution in [0.2, 0.25) is 0 Å². The van der Waals surface area contributed by atoms with Gasteiger partial charge in [-0.1, -0.05) is 0 Å². The Balaban J connectivity index is 2.71. The van der Waals surface area contributed by atoms with E-state index in [2.05, 4.69) is 15.9 Å². The van der Waals surface area contributed by atoms with Crippen molar-refractivity contribution in [3.8, 4) is 18.4 Å². The number of rotatable bonds is 3. The van der Waals surface area contributed by atoms with E-state index in [1.807, 2.05) is 0 Å². The highest BCUT2D eigenvalue weighted by Gasteiger charge is 2.32. The molecule has 6 heteroatoms. The molecule has 1 heterocycles. The third kappa shape index (κ3) is 3.46. The lowest BCUT2D eigenvalue weighted by Gasteiger charge is -2.06. The average Bonchev–Trinajstić information content (AvgIpc) is 2.17. The molecule has 0 saturated carbocycles. The maximum atomic E-state index is 12.2. The third-order valence-corrected chi connectivity index (χ3v) is 1.40. The lowest BCUT2D eigenvalue weighted by molar-refractivity contribution is -0.141. The van der Waals surface area contributed by atoms with Crippen LogP contribution in [0.1, 0.15) is 12.1 Å². The summed E-state index contributed by atoms with van der Waals surface area (Å²) in [6.45, 7) is 0.0951. The maximum absolute atomic E-state index is 12.2. The first-order valence-electron chi connectivity index (χ1n) is 4.00. The van der Waals surface area contributed by atoms with Crippen LogP contribution in [0.3, 0.4) is 0 Å². The molecule has 0 unspecified atom stereocenters. The molecule has 0 bridgehead atoms. The van der Waals surface area contributed by atoms with Gasteiger partial charge in [0.25, 0.3) is 0 Å². The zero-order valence-corrected chi connectivity index (χ0v) is 7.58. The van der Waals surface area contributed by atoms with Crippen molar-refractivity contribution in [2.75, 3.05) is 6.61 Å². The van der Waals surface area contributed by atoms with Gasteiger partial charge in [0.2, 0.25) is 0 Å². The second-order valence-corrected chi connectivity index (χ2v) is 2.52. The van der Waals surface area contributed by atoms with E-state index in [4.69, 9.17) is 11.2 Å². The molecule has 0 spiro atoms. The molecule has 0 aliphatic rings. The summed E-state index contributed by atoms with van der Waals surface area (Å²) in [5.74, 6) is 2.28. The van der Waals surface area contributed by atoms with Crippen LogP contribution in [-0.4, -0.2) is 16.6 Å². The number of hydrogen-bond acceptors (Lipinski definition) is 3. The highest BCUT2D eigenvalue weighted by molar-refractivity contribution is 5.08. The molecular formula is C9H7F3N2O. The minimum Gasteiger partial charge on any atom is -0.462 e. The Bertz CT molecular complexity index is 370. The zero-order valence-electron chi connectivity index (χ0n) is 7.58. The van der Waals surface area contributed by atoms with E-state index >= 15 is 0 Å². The van der Waals surface area contributed by atoms with Crippen molar-refractivity contribution in [1.29, 1.82) is 0 Å². The van der Waals surface area contributed by atoms with Crippen molar-refractivity contribution in [2.24, 2.45) is 0 Å². The van der Waals surface area contributed by atoms with E-state index < -0.39 is 11.9 Å². The van der Waals surface area contributed by atoms with Crippen molar-refractivity contribution in [3.05, 3.63) is 18.0 Å². The molecule has 0 saturated heterocycles. The summed E-state index contributed by atoms with van der Waals surface area (Å²) in [5, 5.41) is 0. The van der Waals surface area contributed by atoms with E-state index in [1.165, 1.54) is 0 Å². The summed E-state index contributed by atoms with van der Waals surface area (Å²) in [5.41, 5.74) is -1.03. The lowest BCUT2D eigenvalue weighted by atomic mass is 10.4. The van der Waals surface area contributed by atoms with Crippen LogP contribution in [0.4, 0.5) is 13.2 Å². The minimum atomic E-state index is -4.49. The third-order valence-electron chi connectivity index (χ3n) is 1.40. The zero-order chi connectivity index (χ0) is 11.3. The average molecular weight is 216 g/mol. The van der Waals surface area contributed by atoms with Gasteiger partial charge < -0.3 is 4.74 Å². The van der Waals surface area contributed by atoms with E-state index in [1.54, 1.807) is 0 Å². The lowest BCUT2D eigenvalue weighted by Crippen LogP contribution is -2.10. The summed E-state index contributed by atoms with van der Waals surface area (Å²) >= 11 is 0. The van der Waals surface area contributed by atoms with Gasteiger partial charge in [0.05, 0.1) is 0 Å². The highest BCUT2D eigenvalue weighted by Crippen LogP contribution is 2.27. The number of alkyl halides is 3.